The Morgan fingerprint density at radius 2 is 1.70 bits per heavy atom. The monoisotopic (exact) mass is 674 g/mol. The zero-order valence-corrected chi connectivity index (χ0v) is 26.8. The van der Waals surface area contributed by atoms with Crippen LogP contribution in [0.5, 0.6) is 5.75 Å². The molecule has 0 aliphatic rings. The number of benzene rings is 3. The molecule has 0 heterocycles. The summed E-state index contributed by atoms with van der Waals surface area (Å²) >= 11 is 3.44. The highest BCUT2D eigenvalue weighted by molar-refractivity contribution is 9.10. The van der Waals surface area contributed by atoms with Crippen molar-refractivity contribution < 1.29 is 27.7 Å². The van der Waals surface area contributed by atoms with Gasteiger partial charge in [0.05, 0.1) is 18.3 Å². The molecule has 0 fully saturated rings. The second kappa shape index (κ2) is 15.0. The third kappa shape index (κ3) is 9.52. The van der Waals surface area contributed by atoms with Crippen LogP contribution in [0, 0.1) is 16.0 Å². The minimum atomic E-state index is -4.15. The van der Waals surface area contributed by atoms with Crippen molar-refractivity contribution in [3.05, 3.63) is 98.5 Å². The molecular weight excluding hydrogens is 640 g/mol. The number of rotatable bonds is 14. The van der Waals surface area contributed by atoms with Crippen LogP contribution in [0.25, 0.3) is 0 Å². The number of nitro groups is 1. The highest BCUT2D eigenvalue weighted by atomic mass is 79.9. The molecule has 3 rings (SSSR count). The number of amides is 2. The molecule has 1 N–H and O–H groups in total. The molecule has 11 nitrogen and oxygen atoms in total. The van der Waals surface area contributed by atoms with E-state index in [-0.39, 0.29) is 41.9 Å². The van der Waals surface area contributed by atoms with Gasteiger partial charge in [-0.2, -0.15) is 0 Å². The third-order valence-electron chi connectivity index (χ3n) is 6.52. The summed E-state index contributed by atoms with van der Waals surface area (Å²) in [6.07, 6.45) is 1.07. The Labute approximate surface area is 260 Å². The Kier molecular flexibility index (Phi) is 11.7. The number of carbonyl (C=O) groups is 2. The maximum atomic E-state index is 14.2. The molecule has 43 heavy (non-hydrogen) atoms. The van der Waals surface area contributed by atoms with E-state index in [1.165, 1.54) is 24.1 Å². The Morgan fingerprint density at radius 1 is 1.02 bits per heavy atom. The van der Waals surface area contributed by atoms with Gasteiger partial charge >= 0.3 is 0 Å². The third-order valence-corrected chi connectivity index (χ3v) is 8.14. The average molecular weight is 676 g/mol. The maximum absolute atomic E-state index is 14.2. The lowest BCUT2D eigenvalue weighted by Crippen LogP contribution is -2.53. The van der Waals surface area contributed by atoms with Gasteiger partial charge in [-0.1, -0.05) is 72.2 Å². The lowest BCUT2D eigenvalue weighted by molar-refractivity contribution is -0.384. The number of carbonyl (C=O) groups excluding carboxylic acids is 2. The highest BCUT2D eigenvalue weighted by Gasteiger charge is 2.34. The van der Waals surface area contributed by atoms with Crippen LogP contribution in [0.4, 0.5) is 11.4 Å². The largest absolute Gasteiger partial charge is 0.495 e. The van der Waals surface area contributed by atoms with Crippen molar-refractivity contribution in [1.29, 1.82) is 0 Å². The van der Waals surface area contributed by atoms with E-state index in [0.717, 1.165) is 26.7 Å². The maximum Gasteiger partial charge on any atom is 0.271 e. The number of nitrogens with one attached hydrogen (secondary N) is 1. The number of methoxy groups -OCH3 is 1. The van der Waals surface area contributed by atoms with E-state index in [0.29, 0.717) is 12.1 Å². The van der Waals surface area contributed by atoms with Crippen molar-refractivity contribution in [3.8, 4) is 5.75 Å². The minimum absolute atomic E-state index is 0.00541. The molecule has 1 unspecified atom stereocenters. The van der Waals surface area contributed by atoms with E-state index in [1.807, 2.05) is 56.3 Å². The van der Waals surface area contributed by atoms with Crippen LogP contribution in [-0.2, 0) is 32.6 Å². The number of nitro benzene ring substituents is 1. The van der Waals surface area contributed by atoms with E-state index in [4.69, 9.17) is 4.74 Å². The summed E-state index contributed by atoms with van der Waals surface area (Å²) in [5.74, 6) is -0.894. The summed E-state index contributed by atoms with van der Waals surface area (Å²) in [6.45, 7) is 3.55. The zero-order chi connectivity index (χ0) is 31.7. The highest BCUT2D eigenvalue weighted by Crippen LogP contribution is 2.34. The molecule has 0 aliphatic heterocycles. The van der Waals surface area contributed by atoms with Crippen LogP contribution in [0.3, 0.4) is 0 Å². The molecule has 2 amide bonds. The molecule has 0 saturated carbocycles. The predicted molar refractivity (Wildman–Crippen MR) is 168 cm³/mol. The van der Waals surface area contributed by atoms with Crippen molar-refractivity contribution in [1.82, 2.24) is 10.2 Å². The van der Waals surface area contributed by atoms with Gasteiger partial charge in [-0.15, -0.1) is 0 Å². The average Bonchev–Trinajstić information content (AvgIpc) is 2.95. The molecule has 3 aromatic carbocycles. The fourth-order valence-electron chi connectivity index (χ4n) is 4.39. The van der Waals surface area contributed by atoms with Gasteiger partial charge in [0.1, 0.15) is 24.0 Å². The number of ether oxygens (including phenoxy) is 1. The van der Waals surface area contributed by atoms with E-state index in [2.05, 4.69) is 21.2 Å². The Bertz CT molecular complexity index is 1550. The standard InChI is InChI=1S/C30H35BrN4O7S/c1-21(2)18-32-30(37)27(16-22-9-6-5-7-10-22)33(19-23-11-8-12-24(31)15-23)29(36)20-34(43(4,40)41)26-17-25(35(38)39)13-14-28(26)42-3/h5-15,17,21,27H,16,18-20H2,1-4H3,(H,32,37). The molecule has 0 saturated heterocycles. The van der Waals surface area contributed by atoms with Gasteiger partial charge < -0.3 is 15.0 Å². The van der Waals surface area contributed by atoms with Gasteiger partial charge in [0, 0.05) is 36.1 Å². The van der Waals surface area contributed by atoms with Crippen molar-refractivity contribution in [3.63, 3.8) is 0 Å². The second-order valence-corrected chi connectivity index (χ2v) is 13.2. The number of anilines is 1. The first kappa shape index (κ1) is 33.5. The van der Waals surface area contributed by atoms with Crippen LogP contribution in [0.15, 0.2) is 77.3 Å². The summed E-state index contributed by atoms with van der Waals surface area (Å²) in [7, 11) is -2.86. The normalized spacial score (nSPS) is 12.0. The van der Waals surface area contributed by atoms with Gasteiger partial charge in [0.15, 0.2) is 0 Å². The Morgan fingerprint density at radius 3 is 2.28 bits per heavy atom. The lowest BCUT2D eigenvalue weighted by atomic mass is 10.0. The topological polar surface area (TPSA) is 139 Å². The second-order valence-electron chi connectivity index (χ2n) is 10.4. The molecule has 1 atom stereocenters. The summed E-state index contributed by atoms with van der Waals surface area (Å²) < 4.78 is 32.9. The summed E-state index contributed by atoms with van der Waals surface area (Å²) in [5, 5.41) is 14.4. The SMILES string of the molecule is COc1ccc([N+](=O)[O-])cc1N(CC(=O)N(Cc1cccc(Br)c1)C(Cc1ccccc1)C(=O)NCC(C)C)S(C)(=O)=O. The van der Waals surface area contributed by atoms with Gasteiger partial charge in [-0.05, 0) is 35.2 Å². The Balaban J connectivity index is 2.12. The van der Waals surface area contributed by atoms with Crippen LogP contribution in [0.1, 0.15) is 25.0 Å². The van der Waals surface area contributed by atoms with Crippen LogP contribution in [-0.4, -0.2) is 62.6 Å². The first-order valence-electron chi connectivity index (χ1n) is 13.5. The van der Waals surface area contributed by atoms with Gasteiger partial charge in [-0.25, -0.2) is 8.42 Å². The van der Waals surface area contributed by atoms with E-state index in [1.54, 1.807) is 12.1 Å². The van der Waals surface area contributed by atoms with Gasteiger partial charge in [0.25, 0.3) is 5.69 Å². The zero-order valence-electron chi connectivity index (χ0n) is 24.4. The lowest BCUT2D eigenvalue weighted by Gasteiger charge is -2.34. The van der Waals surface area contributed by atoms with E-state index in [9.17, 15) is 28.1 Å². The molecule has 230 valence electrons. The number of nitrogens with zero attached hydrogens (tertiary/aromatic N) is 3. The van der Waals surface area contributed by atoms with E-state index < -0.39 is 33.4 Å². The van der Waals surface area contributed by atoms with E-state index >= 15 is 0 Å². The molecular formula is C30H35BrN4O7S. The molecule has 3 aromatic rings. The minimum Gasteiger partial charge on any atom is -0.495 e. The van der Waals surface area contributed by atoms with Crippen molar-refractivity contribution >= 4 is 49.1 Å². The number of non-ortho nitro benzene ring substituents is 1. The predicted octanol–water partition coefficient (Wildman–Crippen LogP) is 4.54. The summed E-state index contributed by atoms with van der Waals surface area (Å²) in [4.78, 5) is 40.1. The first-order chi connectivity index (χ1) is 20.3. The fraction of sp³-hybridized carbons (Fsp3) is 0.333. The summed E-state index contributed by atoms with van der Waals surface area (Å²) in [5.41, 5.74) is 0.965. The number of sulfonamides is 1. The fourth-order valence-corrected chi connectivity index (χ4v) is 5.68. The first-order valence-corrected chi connectivity index (χ1v) is 16.1. The van der Waals surface area contributed by atoms with Crippen molar-refractivity contribution in [2.45, 2.75) is 32.9 Å². The number of hydrogen-bond donors (Lipinski definition) is 1. The molecule has 0 radical (unpaired) electrons. The number of hydrogen-bond acceptors (Lipinski definition) is 7. The molecule has 0 aliphatic carbocycles. The molecule has 0 aromatic heterocycles. The van der Waals surface area contributed by atoms with Gasteiger partial charge in [-0.3, -0.25) is 24.0 Å². The van der Waals surface area contributed by atoms with Crippen LogP contribution in [0.2, 0.25) is 0 Å². The summed E-state index contributed by atoms with van der Waals surface area (Å²) in [6, 6.07) is 18.9. The quantitative estimate of drug-likeness (QED) is 0.196. The van der Waals surface area contributed by atoms with Gasteiger partial charge in [0.2, 0.25) is 21.8 Å². The smallest absolute Gasteiger partial charge is 0.271 e. The Hall–Kier alpha value is -3.97. The molecule has 0 bridgehead atoms. The van der Waals surface area contributed by atoms with Crippen LogP contribution < -0.4 is 14.4 Å². The van der Waals surface area contributed by atoms with Crippen molar-refractivity contribution in [2.75, 3.05) is 30.8 Å². The molecule has 0 spiro atoms. The van der Waals surface area contributed by atoms with Crippen LogP contribution >= 0.6 is 15.9 Å². The molecule has 13 heteroatoms. The number of halogens is 1. The van der Waals surface area contributed by atoms with Crippen molar-refractivity contribution in [2.24, 2.45) is 5.92 Å².